The molecule has 1 heterocycles. The number of hydrogen-bond acceptors (Lipinski definition) is 3. The molecule has 0 atom stereocenters. The van der Waals surface area contributed by atoms with Gasteiger partial charge in [0.15, 0.2) is 0 Å². The molecule has 3 aromatic rings. The Balaban J connectivity index is 1.70. The summed E-state index contributed by atoms with van der Waals surface area (Å²) in [4.78, 5) is 16.2. The molecule has 0 spiro atoms. The molecule has 1 N–H and O–H groups in total. The first kappa shape index (κ1) is 15.7. The first-order chi connectivity index (χ1) is 11.6. The quantitative estimate of drug-likeness (QED) is 0.776. The summed E-state index contributed by atoms with van der Waals surface area (Å²) >= 11 is 0. The summed E-state index contributed by atoms with van der Waals surface area (Å²) in [5.41, 5.74) is 1.72. The number of hydrogen-bond donors (Lipinski definition) is 1. The van der Waals surface area contributed by atoms with E-state index < -0.39 is 12.5 Å². The second-order valence-corrected chi connectivity index (χ2v) is 4.88. The lowest BCUT2D eigenvalue weighted by Crippen LogP contribution is -2.12. The van der Waals surface area contributed by atoms with Gasteiger partial charge in [-0.05, 0) is 42.5 Å². The molecule has 0 saturated heterocycles. The topological polar surface area (TPSA) is 56.2 Å². The minimum atomic E-state index is -2.93. The van der Waals surface area contributed by atoms with Crippen LogP contribution in [-0.4, -0.2) is 22.1 Å². The standard InChI is InChI=1S/C17H13F2N3O2/c18-17(19)24-15-3-1-2-12(10-15)16(23)21-13-4-6-14(7-5-13)22-9-8-20-11-22/h1-11,17H,(H,21,23). The van der Waals surface area contributed by atoms with Gasteiger partial charge in [-0.15, -0.1) is 0 Å². The van der Waals surface area contributed by atoms with Crippen LogP contribution in [0.4, 0.5) is 14.5 Å². The molecule has 122 valence electrons. The van der Waals surface area contributed by atoms with E-state index in [1.807, 2.05) is 22.9 Å². The highest BCUT2D eigenvalue weighted by atomic mass is 19.3. The highest BCUT2D eigenvalue weighted by molar-refractivity contribution is 6.04. The van der Waals surface area contributed by atoms with Crippen molar-refractivity contribution in [2.75, 3.05) is 5.32 Å². The number of ether oxygens (including phenoxy) is 1. The number of halogens is 2. The van der Waals surface area contributed by atoms with Gasteiger partial charge in [0.25, 0.3) is 5.91 Å². The van der Waals surface area contributed by atoms with Crippen molar-refractivity contribution in [3.8, 4) is 11.4 Å². The van der Waals surface area contributed by atoms with Gasteiger partial charge in [-0.3, -0.25) is 4.79 Å². The number of imidazole rings is 1. The number of nitrogens with one attached hydrogen (secondary N) is 1. The molecular weight excluding hydrogens is 316 g/mol. The Hall–Kier alpha value is -3.22. The average Bonchev–Trinajstić information content (AvgIpc) is 3.09. The summed E-state index contributed by atoms with van der Waals surface area (Å²) in [5.74, 6) is -0.474. The predicted octanol–water partition coefficient (Wildman–Crippen LogP) is 3.73. The van der Waals surface area contributed by atoms with E-state index in [1.54, 1.807) is 24.7 Å². The maximum Gasteiger partial charge on any atom is 0.387 e. The van der Waals surface area contributed by atoms with Gasteiger partial charge in [0, 0.05) is 29.3 Å². The summed E-state index contributed by atoms with van der Waals surface area (Å²) in [6.07, 6.45) is 5.15. The smallest absolute Gasteiger partial charge is 0.387 e. The van der Waals surface area contributed by atoms with Gasteiger partial charge < -0.3 is 14.6 Å². The molecule has 2 aromatic carbocycles. The van der Waals surface area contributed by atoms with Crippen molar-refractivity contribution in [3.05, 3.63) is 72.8 Å². The van der Waals surface area contributed by atoms with E-state index in [0.717, 1.165) is 5.69 Å². The zero-order chi connectivity index (χ0) is 16.9. The van der Waals surface area contributed by atoms with Crippen molar-refractivity contribution in [2.45, 2.75) is 6.61 Å². The SMILES string of the molecule is O=C(Nc1ccc(-n2ccnc2)cc1)c1cccc(OC(F)F)c1. The molecule has 0 aliphatic carbocycles. The summed E-state index contributed by atoms with van der Waals surface area (Å²) in [7, 11) is 0. The van der Waals surface area contributed by atoms with Crippen LogP contribution in [0.25, 0.3) is 5.69 Å². The largest absolute Gasteiger partial charge is 0.435 e. The van der Waals surface area contributed by atoms with E-state index in [9.17, 15) is 13.6 Å². The summed E-state index contributed by atoms with van der Waals surface area (Å²) in [6.45, 7) is -2.93. The number of benzene rings is 2. The van der Waals surface area contributed by atoms with Crippen molar-refractivity contribution >= 4 is 11.6 Å². The summed E-state index contributed by atoms with van der Waals surface area (Å²) in [5, 5.41) is 2.70. The molecule has 7 heteroatoms. The number of carbonyl (C=O) groups is 1. The van der Waals surface area contributed by atoms with E-state index in [4.69, 9.17) is 0 Å². The molecule has 5 nitrogen and oxygen atoms in total. The Morgan fingerprint density at radius 3 is 2.62 bits per heavy atom. The molecule has 1 amide bonds. The third kappa shape index (κ3) is 3.75. The number of aromatic nitrogens is 2. The molecule has 0 saturated carbocycles. The van der Waals surface area contributed by atoms with Gasteiger partial charge in [0.05, 0.1) is 6.33 Å². The van der Waals surface area contributed by atoms with Crippen molar-refractivity contribution in [1.82, 2.24) is 9.55 Å². The maximum atomic E-state index is 12.2. The lowest BCUT2D eigenvalue weighted by molar-refractivity contribution is -0.0498. The van der Waals surface area contributed by atoms with Crippen LogP contribution in [0.3, 0.4) is 0 Å². The molecule has 24 heavy (non-hydrogen) atoms. The van der Waals surface area contributed by atoms with Crippen LogP contribution < -0.4 is 10.1 Å². The van der Waals surface area contributed by atoms with Gasteiger partial charge in [-0.1, -0.05) is 6.07 Å². The van der Waals surface area contributed by atoms with Gasteiger partial charge in [-0.25, -0.2) is 4.98 Å². The van der Waals surface area contributed by atoms with E-state index in [0.29, 0.717) is 5.69 Å². The zero-order valence-electron chi connectivity index (χ0n) is 12.4. The van der Waals surface area contributed by atoms with E-state index >= 15 is 0 Å². The minimum Gasteiger partial charge on any atom is -0.435 e. The average molecular weight is 329 g/mol. The molecule has 0 aliphatic heterocycles. The highest BCUT2D eigenvalue weighted by Crippen LogP contribution is 2.18. The number of carbonyl (C=O) groups excluding carboxylic acids is 1. The van der Waals surface area contributed by atoms with Crippen LogP contribution >= 0.6 is 0 Å². The number of rotatable bonds is 5. The van der Waals surface area contributed by atoms with Crippen molar-refractivity contribution in [2.24, 2.45) is 0 Å². The minimum absolute atomic E-state index is 0.0619. The Labute approximate surface area is 136 Å². The number of nitrogens with zero attached hydrogens (tertiary/aromatic N) is 2. The lowest BCUT2D eigenvalue weighted by atomic mass is 10.2. The van der Waals surface area contributed by atoms with Crippen LogP contribution in [0.2, 0.25) is 0 Å². The Morgan fingerprint density at radius 1 is 1.17 bits per heavy atom. The fourth-order valence-electron chi connectivity index (χ4n) is 2.15. The number of anilines is 1. The van der Waals surface area contributed by atoms with Gasteiger partial charge in [0.2, 0.25) is 0 Å². The van der Waals surface area contributed by atoms with Crippen LogP contribution in [-0.2, 0) is 0 Å². The normalized spacial score (nSPS) is 10.6. The molecule has 0 aliphatic rings. The van der Waals surface area contributed by atoms with Crippen molar-refractivity contribution < 1.29 is 18.3 Å². The van der Waals surface area contributed by atoms with Gasteiger partial charge in [0.1, 0.15) is 5.75 Å². The van der Waals surface area contributed by atoms with Crippen molar-refractivity contribution in [1.29, 1.82) is 0 Å². The zero-order valence-corrected chi connectivity index (χ0v) is 12.4. The van der Waals surface area contributed by atoms with E-state index in [-0.39, 0.29) is 11.3 Å². The predicted molar refractivity (Wildman–Crippen MR) is 84.6 cm³/mol. The third-order valence-corrected chi connectivity index (χ3v) is 3.25. The summed E-state index contributed by atoms with van der Waals surface area (Å²) in [6, 6.07) is 12.8. The van der Waals surface area contributed by atoms with Crippen LogP contribution in [0, 0.1) is 0 Å². The molecule has 0 bridgehead atoms. The van der Waals surface area contributed by atoms with Gasteiger partial charge >= 0.3 is 6.61 Å². The van der Waals surface area contributed by atoms with Crippen LogP contribution in [0.15, 0.2) is 67.3 Å². The third-order valence-electron chi connectivity index (χ3n) is 3.25. The molecule has 1 aromatic heterocycles. The molecular formula is C17H13F2N3O2. The Kier molecular flexibility index (Phi) is 4.51. The van der Waals surface area contributed by atoms with E-state index in [1.165, 1.54) is 24.3 Å². The van der Waals surface area contributed by atoms with Crippen LogP contribution in [0.1, 0.15) is 10.4 Å². The fraction of sp³-hybridized carbons (Fsp3) is 0.0588. The maximum absolute atomic E-state index is 12.2. The second-order valence-electron chi connectivity index (χ2n) is 4.88. The monoisotopic (exact) mass is 329 g/mol. The first-order valence-corrected chi connectivity index (χ1v) is 7.06. The molecule has 0 unspecified atom stereocenters. The Morgan fingerprint density at radius 2 is 1.96 bits per heavy atom. The lowest BCUT2D eigenvalue weighted by Gasteiger charge is -2.09. The fourth-order valence-corrected chi connectivity index (χ4v) is 2.15. The summed E-state index contributed by atoms with van der Waals surface area (Å²) < 4.78 is 30.6. The number of alkyl halides is 2. The molecule has 0 fully saturated rings. The second kappa shape index (κ2) is 6.91. The Bertz CT molecular complexity index is 818. The number of amides is 1. The highest BCUT2D eigenvalue weighted by Gasteiger charge is 2.10. The van der Waals surface area contributed by atoms with Crippen molar-refractivity contribution in [3.63, 3.8) is 0 Å². The van der Waals surface area contributed by atoms with Crippen LogP contribution in [0.5, 0.6) is 5.75 Å². The molecule has 3 rings (SSSR count). The molecule has 0 radical (unpaired) electrons. The first-order valence-electron chi connectivity index (χ1n) is 7.06. The van der Waals surface area contributed by atoms with Gasteiger partial charge in [-0.2, -0.15) is 8.78 Å². The van der Waals surface area contributed by atoms with E-state index in [2.05, 4.69) is 15.0 Å².